The molecular formula is C22H24Cl2N6O2. The Morgan fingerprint density at radius 2 is 1.91 bits per heavy atom. The van der Waals surface area contributed by atoms with E-state index in [1.807, 2.05) is 20.8 Å². The van der Waals surface area contributed by atoms with E-state index in [-0.39, 0.29) is 23.9 Å². The highest BCUT2D eigenvalue weighted by Gasteiger charge is 2.20. The van der Waals surface area contributed by atoms with Crippen LogP contribution in [0.4, 0.5) is 11.4 Å². The van der Waals surface area contributed by atoms with Gasteiger partial charge in [-0.3, -0.25) is 9.59 Å². The summed E-state index contributed by atoms with van der Waals surface area (Å²) in [7, 11) is 0. The lowest BCUT2D eigenvalue weighted by molar-refractivity contribution is -0.114. The van der Waals surface area contributed by atoms with Gasteiger partial charge in [-0.15, -0.1) is 0 Å². The number of aromatic nitrogens is 3. The van der Waals surface area contributed by atoms with Crippen LogP contribution >= 0.6 is 23.2 Å². The number of rotatable bonds is 8. The number of benzene rings is 2. The number of hydrogen-bond acceptors (Lipinski definition) is 5. The van der Waals surface area contributed by atoms with Crippen LogP contribution in [0.3, 0.4) is 0 Å². The lowest BCUT2D eigenvalue weighted by Gasteiger charge is -2.24. The van der Waals surface area contributed by atoms with Crippen LogP contribution in [0.1, 0.15) is 37.6 Å². The summed E-state index contributed by atoms with van der Waals surface area (Å²) in [5.41, 5.74) is 1.78. The van der Waals surface area contributed by atoms with E-state index in [4.69, 9.17) is 23.2 Å². The SMILES string of the molecule is CCC(C)(C)NC(=O)c1ccc(NCC(=O)Nc2cc(Cl)ccc2-n2cncn2)cc1Cl. The molecule has 8 nitrogen and oxygen atoms in total. The zero-order valence-electron chi connectivity index (χ0n) is 17.9. The number of amides is 2. The van der Waals surface area contributed by atoms with Gasteiger partial charge in [-0.1, -0.05) is 30.1 Å². The van der Waals surface area contributed by atoms with Crippen molar-refractivity contribution in [3.63, 3.8) is 0 Å². The Morgan fingerprint density at radius 1 is 1.12 bits per heavy atom. The first-order valence-electron chi connectivity index (χ1n) is 9.99. The Hall–Kier alpha value is -3.10. The number of anilines is 2. The van der Waals surface area contributed by atoms with Crippen molar-refractivity contribution in [2.75, 3.05) is 17.2 Å². The van der Waals surface area contributed by atoms with E-state index >= 15 is 0 Å². The summed E-state index contributed by atoms with van der Waals surface area (Å²) in [6.45, 7) is 5.87. The molecule has 1 heterocycles. The largest absolute Gasteiger partial charge is 0.376 e. The van der Waals surface area contributed by atoms with Crippen LogP contribution in [0.5, 0.6) is 0 Å². The van der Waals surface area contributed by atoms with Crippen molar-refractivity contribution >= 4 is 46.4 Å². The van der Waals surface area contributed by atoms with Crippen LogP contribution in [0.25, 0.3) is 5.69 Å². The van der Waals surface area contributed by atoms with E-state index in [2.05, 4.69) is 26.0 Å². The van der Waals surface area contributed by atoms with Crippen molar-refractivity contribution in [2.45, 2.75) is 32.7 Å². The molecule has 0 saturated heterocycles. The highest BCUT2D eigenvalue weighted by molar-refractivity contribution is 6.34. The molecule has 0 spiro atoms. The van der Waals surface area contributed by atoms with Gasteiger partial charge >= 0.3 is 0 Å². The standard InChI is InChI=1S/C22H24Cl2N6O2/c1-4-22(2,3)29-21(32)16-7-6-15(10-17(16)24)26-11-20(31)28-18-9-14(23)5-8-19(18)30-13-25-12-27-30/h5-10,12-13,26H,4,11H2,1-3H3,(H,28,31)(H,29,32). The minimum absolute atomic E-state index is 0.0198. The molecule has 2 amide bonds. The lowest BCUT2D eigenvalue weighted by atomic mass is 10.0. The van der Waals surface area contributed by atoms with E-state index < -0.39 is 0 Å². The summed E-state index contributed by atoms with van der Waals surface area (Å²) in [5, 5.41) is 13.6. The Labute approximate surface area is 196 Å². The van der Waals surface area contributed by atoms with E-state index in [0.29, 0.717) is 32.7 Å². The maximum Gasteiger partial charge on any atom is 0.253 e. The molecule has 0 aliphatic carbocycles. The van der Waals surface area contributed by atoms with Gasteiger partial charge in [0.1, 0.15) is 12.7 Å². The summed E-state index contributed by atoms with van der Waals surface area (Å²) in [6, 6.07) is 10.0. The molecule has 0 fully saturated rings. The highest BCUT2D eigenvalue weighted by Crippen LogP contribution is 2.25. The van der Waals surface area contributed by atoms with Crippen molar-refractivity contribution in [1.29, 1.82) is 0 Å². The fourth-order valence-corrected chi connectivity index (χ4v) is 3.23. The molecular weight excluding hydrogens is 451 g/mol. The minimum Gasteiger partial charge on any atom is -0.376 e. The predicted molar refractivity (Wildman–Crippen MR) is 127 cm³/mol. The molecule has 3 N–H and O–H groups in total. The molecule has 0 aliphatic rings. The molecule has 0 atom stereocenters. The first-order valence-corrected chi connectivity index (χ1v) is 10.7. The Kier molecular flexibility index (Phi) is 7.37. The molecule has 0 bridgehead atoms. The Balaban J connectivity index is 1.64. The first-order chi connectivity index (χ1) is 15.2. The third kappa shape index (κ3) is 5.99. The maximum absolute atomic E-state index is 12.5. The van der Waals surface area contributed by atoms with Crippen LogP contribution in [0.15, 0.2) is 49.1 Å². The molecule has 0 aliphatic heterocycles. The summed E-state index contributed by atoms with van der Waals surface area (Å²) in [5.74, 6) is -0.538. The summed E-state index contributed by atoms with van der Waals surface area (Å²) in [4.78, 5) is 28.9. The predicted octanol–water partition coefficient (Wildman–Crippen LogP) is 4.54. The fourth-order valence-electron chi connectivity index (χ4n) is 2.79. The van der Waals surface area contributed by atoms with Crippen LogP contribution in [0.2, 0.25) is 10.0 Å². The monoisotopic (exact) mass is 474 g/mol. The smallest absolute Gasteiger partial charge is 0.253 e. The van der Waals surface area contributed by atoms with E-state index in [1.54, 1.807) is 36.4 Å². The summed E-state index contributed by atoms with van der Waals surface area (Å²) in [6.07, 6.45) is 3.72. The van der Waals surface area contributed by atoms with E-state index in [9.17, 15) is 9.59 Å². The molecule has 1 aromatic heterocycles. The van der Waals surface area contributed by atoms with Gasteiger partial charge in [-0.2, -0.15) is 5.10 Å². The molecule has 0 unspecified atom stereocenters. The van der Waals surface area contributed by atoms with Gasteiger partial charge < -0.3 is 16.0 Å². The summed E-state index contributed by atoms with van der Waals surface area (Å²) >= 11 is 12.4. The topological polar surface area (TPSA) is 101 Å². The molecule has 2 aromatic carbocycles. The van der Waals surface area contributed by atoms with Gasteiger partial charge in [0.15, 0.2) is 0 Å². The number of hydrogen-bond donors (Lipinski definition) is 3. The van der Waals surface area contributed by atoms with Crippen molar-refractivity contribution in [2.24, 2.45) is 0 Å². The zero-order chi connectivity index (χ0) is 23.3. The van der Waals surface area contributed by atoms with Gasteiger partial charge in [0, 0.05) is 16.2 Å². The molecule has 168 valence electrons. The second-order valence-corrected chi connectivity index (χ2v) is 8.63. The van der Waals surface area contributed by atoms with Crippen LogP contribution in [0, 0.1) is 0 Å². The van der Waals surface area contributed by atoms with Gasteiger partial charge in [-0.05, 0) is 56.7 Å². The molecule has 3 aromatic rings. The average Bonchev–Trinajstić information content (AvgIpc) is 3.26. The Morgan fingerprint density at radius 3 is 2.56 bits per heavy atom. The zero-order valence-corrected chi connectivity index (χ0v) is 19.5. The maximum atomic E-state index is 12.5. The van der Waals surface area contributed by atoms with Crippen molar-refractivity contribution < 1.29 is 9.59 Å². The number of carbonyl (C=O) groups excluding carboxylic acids is 2. The van der Waals surface area contributed by atoms with Crippen molar-refractivity contribution in [1.82, 2.24) is 20.1 Å². The molecule has 32 heavy (non-hydrogen) atoms. The van der Waals surface area contributed by atoms with Crippen molar-refractivity contribution in [3.8, 4) is 5.69 Å². The number of halogens is 2. The molecule has 0 radical (unpaired) electrons. The third-order valence-corrected chi connectivity index (χ3v) is 5.45. The second-order valence-electron chi connectivity index (χ2n) is 7.79. The van der Waals surface area contributed by atoms with Gasteiger partial charge in [0.05, 0.1) is 28.5 Å². The lowest BCUT2D eigenvalue weighted by Crippen LogP contribution is -2.42. The minimum atomic E-state index is -0.332. The molecule has 0 saturated carbocycles. The second kappa shape index (κ2) is 10.0. The summed E-state index contributed by atoms with van der Waals surface area (Å²) < 4.78 is 1.53. The number of carbonyl (C=O) groups is 2. The fraction of sp³-hybridized carbons (Fsp3) is 0.273. The van der Waals surface area contributed by atoms with Crippen LogP contribution < -0.4 is 16.0 Å². The average molecular weight is 475 g/mol. The van der Waals surface area contributed by atoms with Crippen molar-refractivity contribution in [3.05, 3.63) is 64.7 Å². The van der Waals surface area contributed by atoms with Gasteiger partial charge in [0.25, 0.3) is 5.91 Å². The molecule has 3 rings (SSSR count). The van der Waals surface area contributed by atoms with Crippen LogP contribution in [-0.2, 0) is 4.79 Å². The Bertz CT molecular complexity index is 1120. The number of nitrogens with zero attached hydrogens (tertiary/aromatic N) is 3. The highest BCUT2D eigenvalue weighted by atomic mass is 35.5. The van der Waals surface area contributed by atoms with E-state index in [0.717, 1.165) is 6.42 Å². The third-order valence-electron chi connectivity index (χ3n) is 4.90. The van der Waals surface area contributed by atoms with Crippen LogP contribution in [-0.4, -0.2) is 38.7 Å². The van der Waals surface area contributed by atoms with Gasteiger partial charge in [0.2, 0.25) is 5.91 Å². The molecule has 10 heteroatoms. The van der Waals surface area contributed by atoms with Gasteiger partial charge in [-0.25, -0.2) is 9.67 Å². The normalized spacial score (nSPS) is 11.2. The quantitative estimate of drug-likeness (QED) is 0.444. The van der Waals surface area contributed by atoms with E-state index in [1.165, 1.54) is 17.3 Å². The number of nitrogens with one attached hydrogen (secondary N) is 3. The first kappa shape index (κ1) is 23.6.